The standard InChI is InChI=1S/C7H5OS.C2H6.CH3.Y/c8-7(9)6-4-2-1-3-5-6;1-2;;/h1-4H,(H,8,9);1-2H3;1H3;/q-1;;-1;. The van der Waals surface area contributed by atoms with Crippen molar-refractivity contribution in [2.75, 3.05) is 0 Å². The number of hydrogen-bond donors (Lipinski definition) is 1. The van der Waals surface area contributed by atoms with Crippen molar-refractivity contribution in [2.45, 2.75) is 13.8 Å². The van der Waals surface area contributed by atoms with Gasteiger partial charge in [-0.25, -0.2) is 0 Å². The Morgan fingerprint density at radius 1 is 1.38 bits per heavy atom. The molecule has 1 rings (SSSR count). The molecule has 0 unspecified atom stereocenters. The quantitative estimate of drug-likeness (QED) is 0.613. The Bertz CT molecular complexity index is 211. The summed E-state index contributed by atoms with van der Waals surface area (Å²) in [4.78, 5) is 10.5. The molecule has 0 heterocycles. The van der Waals surface area contributed by atoms with E-state index in [1.54, 1.807) is 24.3 Å². The van der Waals surface area contributed by atoms with Gasteiger partial charge in [0.2, 0.25) is 0 Å². The molecule has 1 nitrogen and oxygen atoms in total. The molecule has 0 aliphatic rings. The Kier molecular flexibility index (Phi) is 18.0. The minimum atomic E-state index is -0.240. The summed E-state index contributed by atoms with van der Waals surface area (Å²) in [6.45, 7) is 4.00. The van der Waals surface area contributed by atoms with E-state index in [4.69, 9.17) is 0 Å². The molecule has 0 fully saturated rings. The number of carbonyl (C=O) groups excluding carboxylic acids is 1. The summed E-state index contributed by atoms with van der Waals surface area (Å²) in [6, 6.07) is 9.69. The van der Waals surface area contributed by atoms with Crippen LogP contribution in [0.1, 0.15) is 24.2 Å². The van der Waals surface area contributed by atoms with E-state index >= 15 is 0 Å². The zero-order valence-corrected chi connectivity index (χ0v) is 12.0. The Hall–Kier alpha value is 0.344. The maximum Gasteiger partial charge on any atom is 0.131 e. The molecular formula is C10H14OSY-2. The van der Waals surface area contributed by atoms with Crippen LogP contribution in [0.2, 0.25) is 0 Å². The molecule has 71 valence electrons. The first-order valence-corrected chi connectivity index (χ1v) is 3.95. The second-order valence-corrected chi connectivity index (χ2v) is 1.99. The predicted molar refractivity (Wildman–Crippen MR) is 56.4 cm³/mol. The first-order chi connectivity index (χ1) is 5.30. The van der Waals surface area contributed by atoms with Gasteiger partial charge in [-0.1, -0.05) is 19.4 Å². The van der Waals surface area contributed by atoms with Gasteiger partial charge in [-0.15, -0.1) is 30.3 Å². The summed E-state index contributed by atoms with van der Waals surface area (Å²) in [5.74, 6) is 0. The van der Waals surface area contributed by atoms with Crippen LogP contribution in [0.4, 0.5) is 0 Å². The van der Waals surface area contributed by atoms with Crippen LogP contribution in [0.3, 0.4) is 0 Å². The summed E-state index contributed by atoms with van der Waals surface area (Å²) in [5.41, 5.74) is 0.515. The minimum absolute atomic E-state index is 0. The summed E-state index contributed by atoms with van der Waals surface area (Å²) in [6.07, 6.45) is 0. The minimum Gasteiger partial charge on any atom is -0.358 e. The van der Waals surface area contributed by atoms with Crippen LogP contribution in [0.5, 0.6) is 0 Å². The van der Waals surface area contributed by atoms with Crippen LogP contribution in [0.15, 0.2) is 24.3 Å². The third-order valence-electron chi connectivity index (χ3n) is 0.939. The van der Waals surface area contributed by atoms with Crippen molar-refractivity contribution < 1.29 is 37.5 Å². The van der Waals surface area contributed by atoms with E-state index in [0.717, 1.165) is 0 Å². The number of benzene rings is 1. The van der Waals surface area contributed by atoms with E-state index in [-0.39, 0.29) is 45.3 Å². The van der Waals surface area contributed by atoms with Gasteiger partial charge in [-0.05, 0) is 0 Å². The van der Waals surface area contributed by atoms with E-state index < -0.39 is 0 Å². The summed E-state index contributed by atoms with van der Waals surface area (Å²) in [5, 5.41) is -0.240. The second kappa shape index (κ2) is 12.3. The molecule has 13 heavy (non-hydrogen) atoms. The number of carbonyl (C=O) groups is 1. The zero-order valence-electron chi connectivity index (χ0n) is 8.24. The molecule has 0 saturated carbocycles. The van der Waals surface area contributed by atoms with Crippen LogP contribution < -0.4 is 0 Å². The maximum atomic E-state index is 10.5. The third-order valence-corrected chi connectivity index (χ3v) is 1.18. The zero-order chi connectivity index (χ0) is 8.69. The van der Waals surface area contributed by atoms with Crippen molar-refractivity contribution in [3.63, 3.8) is 0 Å². The van der Waals surface area contributed by atoms with Crippen LogP contribution in [-0.2, 0) is 32.7 Å². The molecule has 0 aliphatic heterocycles. The molecule has 1 radical (unpaired) electrons. The van der Waals surface area contributed by atoms with Gasteiger partial charge >= 0.3 is 0 Å². The molecule has 0 spiro atoms. The molecule has 0 aromatic heterocycles. The van der Waals surface area contributed by atoms with Gasteiger partial charge in [-0.3, -0.25) is 0 Å². The molecule has 1 aromatic carbocycles. The largest absolute Gasteiger partial charge is 0.358 e. The van der Waals surface area contributed by atoms with Crippen molar-refractivity contribution in [3.05, 3.63) is 43.3 Å². The van der Waals surface area contributed by atoms with Crippen molar-refractivity contribution in [1.82, 2.24) is 0 Å². The van der Waals surface area contributed by atoms with E-state index in [0.29, 0.717) is 5.56 Å². The van der Waals surface area contributed by atoms with Gasteiger partial charge in [0.1, 0.15) is 5.12 Å². The van der Waals surface area contributed by atoms with Gasteiger partial charge in [0, 0.05) is 32.7 Å². The van der Waals surface area contributed by atoms with E-state index in [2.05, 4.69) is 18.7 Å². The van der Waals surface area contributed by atoms with Crippen molar-refractivity contribution in [2.24, 2.45) is 0 Å². The van der Waals surface area contributed by atoms with Crippen molar-refractivity contribution in [3.8, 4) is 0 Å². The summed E-state index contributed by atoms with van der Waals surface area (Å²) < 4.78 is 0. The van der Waals surface area contributed by atoms with Crippen molar-refractivity contribution in [1.29, 1.82) is 0 Å². The fourth-order valence-electron chi connectivity index (χ4n) is 0.526. The number of rotatable bonds is 1. The van der Waals surface area contributed by atoms with Crippen LogP contribution in [0, 0.1) is 13.5 Å². The third kappa shape index (κ3) is 8.67. The van der Waals surface area contributed by atoms with Gasteiger partial charge < -0.3 is 12.2 Å². The molecule has 0 saturated heterocycles. The van der Waals surface area contributed by atoms with Gasteiger partial charge in [-0.2, -0.15) is 12.6 Å². The molecule has 0 amide bonds. The Balaban J connectivity index is -0.000000234. The first-order valence-electron chi connectivity index (χ1n) is 3.51. The maximum absolute atomic E-state index is 10.5. The monoisotopic (exact) mass is 271 g/mol. The van der Waals surface area contributed by atoms with Crippen LogP contribution in [-0.4, -0.2) is 5.12 Å². The van der Waals surface area contributed by atoms with Crippen LogP contribution >= 0.6 is 12.6 Å². The summed E-state index contributed by atoms with van der Waals surface area (Å²) >= 11 is 3.62. The molecule has 0 N–H and O–H groups in total. The normalized spacial score (nSPS) is 6.69. The molecular weight excluding hydrogens is 257 g/mol. The average Bonchev–Trinajstić information content (AvgIpc) is 2.10. The molecule has 1 aromatic rings. The predicted octanol–water partition coefficient (Wildman–Crippen LogP) is 3.03. The summed E-state index contributed by atoms with van der Waals surface area (Å²) in [7, 11) is 0. The smallest absolute Gasteiger partial charge is 0.131 e. The molecule has 0 bridgehead atoms. The Morgan fingerprint density at radius 3 is 2.15 bits per heavy atom. The molecule has 0 atom stereocenters. The van der Waals surface area contributed by atoms with E-state index in [1.807, 2.05) is 13.8 Å². The average molecular weight is 271 g/mol. The van der Waals surface area contributed by atoms with Gasteiger partial charge in [0.05, 0.1) is 0 Å². The topological polar surface area (TPSA) is 17.1 Å². The van der Waals surface area contributed by atoms with E-state index in [9.17, 15) is 4.79 Å². The fourth-order valence-corrected chi connectivity index (χ4v) is 0.665. The van der Waals surface area contributed by atoms with Crippen molar-refractivity contribution >= 4 is 17.7 Å². The van der Waals surface area contributed by atoms with E-state index in [1.165, 1.54) is 0 Å². The number of thiol groups is 1. The Morgan fingerprint density at radius 2 is 1.92 bits per heavy atom. The van der Waals surface area contributed by atoms with Gasteiger partial charge in [0.15, 0.2) is 0 Å². The Labute approximate surface area is 112 Å². The molecule has 3 heteroatoms. The number of hydrogen-bond acceptors (Lipinski definition) is 1. The second-order valence-electron chi connectivity index (χ2n) is 1.58. The fraction of sp³-hybridized carbons (Fsp3) is 0.200. The van der Waals surface area contributed by atoms with Gasteiger partial charge in [0.25, 0.3) is 0 Å². The SMILES string of the molecule is CC.O=C(S)c1[c-]cccc1.[CH3-].[Y]. The van der Waals surface area contributed by atoms with Crippen LogP contribution in [0.25, 0.3) is 0 Å². The first kappa shape index (κ1) is 19.0. The molecule has 0 aliphatic carbocycles.